The number of carbonyl (C=O) groups is 2. The number of halogens is 2. The number of nitrogens with one attached hydrogen (secondary N) is 3. The minimum atomic E-state index is -4.42. The molecule has 318 valence electrons. The molecule has 0 aliphatic heterocycles. The number of aromatic amines is 1. The van der Waals surface area contributed by atoms with E-state index >= 15 is 0 Å². The van der Waals surface area contributed by atoms with E-state index in [2.05, 4.69) is 19.9 Å². The number of methoxy groups -OCH3 is 1. The highest BCUT2D eigenvalue weighted by Gasteiger charge is 2.27. The first-order valence-electron chi connectivity index (χ1n) is 17.9. The molecule has 0 radical (unpaired) electrons. The van der Waals surface area contributed by atoms with E-state index in [0.29, 0.717) is 11.5 Å². The molecule has 0 atom stereocenters. The van der Waals surface area contributed by atoms with Crippen LogP contribution in [0.15, 0.2) is 99.8 Å². The van der Waals surface area contributed by atoms with Crippen molar-refractivity contribution in [2.75, 3.05) is 7.11 Å². The second kappa shape index (κ2) is 18.9. The lowest BCUT2D eigenvalue weighted by molar-refractivity contribution is 0.0969. The third-order valence-electron chi connectivity index (χ3n) is 8.49. The number of H-pyrrole nitrogens is 1. The molecule has 2 amide bonds. The molecule has 0 saturated heterocycles. The summed E-state index contributed by atoms with van der Waals surface area (Å²) < 4.78 is 71.0. The van der Waals surface area contributed by atoms with Gasteiger partial charge in [0.2, 0.25) is 17.6 Å². The number of amides is 2. The zero-order chi connectivity index (χ0) is 44.8. The minimum absolute atomic E-state index is 0.0614. The summed E-state index contributed by atoms with van der Waals surface area (Å²) in [6, 6.07) is 18.1. The second-order valence-corrected chi connectivity index (χ2v) is 17.5. The summed E-state index contributed by atoms with van der Waals surface area (Å²) in [6.07, 6.45) is 2.66. The van der Waals surface area contributed by atoms with E-state index in [0.717, 1.165) is 39.4 Å². The van der Waals surface area contributed by atoms with E-state index < -0.39 is 42.3 Å². The van der Waals surface area contributed by atoms with Crippen LogP contribution in [-0.2, 0) is 20.0 Å². The van der Waals surface area contributed by atoms with Gasteiger partial charge in [-0.15, -0.1) is 0 Å². The first-order chi connectivity index (χ1) is 28.7. The number of sulfonamides is 2. The molecule has 20 heteroatoms. The Kier molecular flexibility index (Phi) is 14.2. The SMILES string of the molecule is COc1ncccc1S(=O)(=O)NC(=O)c1ccc(Cl)nc1Oc1c(C)cc(C)cc1C.Cc1cc(C)c(Oc2nc(Cl)ccc2C(=O)NS(=O)(=O)c2ccc[nH]c2=O)c(C)c1. The highest BCUT2D eigenvalue weighted by atomic mass is 35.5. The van der Waals surface area contributed by atoms with Crippen molar-refractivity contribution in [1.82, 2.24) is 29.4 Å². The molecular formula is C41H38Cl2N6O10S2. The van der Waals surface area contributed by atoms with Gasteiger partial charge in [0.1, 0.15) is 37.8 Å². The van der Waals surface area contributed by atoms with Gasteiger partial charge in [0.15, 0.2) is 4.90 Å². The lowest BCUT2D eigenvalue weighted by atomic mass is 10.1. The summed E-state index contributed by atoms with van der Waals surface area (Å²) in [5, 5.41) is 0.150. The van der Waals surface area contributed by atoms with Crippen molar-refractivity contribution in [2.24, 2.45) is 0 Å². The average Bonchev–Trinajstić information content (AvgIpc) is 3.17. The maximum atomic E-state index is 12.9. The van der Waals surface area contributed by atoms with Gasteiger partial charge in [-0.2, -0.15) is 0 Å². The molecule has 0 aliphatic rings. The average molecular weight is 910 g/mol. The van der Waals surface area contributed by atoms with Gasteiger partial charge in [0.05, 0.1) is 7.11 Å². The molecule has 0 spiro atoms. The highest BCUT2D eigenvalue weighted by molar-refractivity contribution is 7.90. The predicted octanol–water partition coefficient (Wildman–Crippen LogP) is 7.23. The number of aromatic nitrogens is 4. The second-order valence-electron chi connectivity index (χ2n) is 13.4. The van der Waals surface area contributed by atoms with Gasteiger partial charge in [-0.3, -0.25) is 14.4 Å². The lowest BCUT2D eigenvalue weighted by Crippen LogP contribution is -2.34. The Morgan fingerprint density at radius 1 is 0.623 bits per heavy atom. The van der Waals surface area contributed by atoms with Gasteiger partial charge < -0.3 is 19.2 Å². The number of benzene rings is 2. The first-order valence-corrected chi connectivity index (χ1v) is 21.6. The van der Waals surface area contributed by atoms with Crippen LogP contribution >= 0.6 is 23.2 Å². The number of aryl methyl sites for hydroxylation is 6. The number of pyridine rings is 4. The number of carbonyl (C=O) groups excluding carboxylic acids is 2. The maximum absolute atomic E-state index is 12.9. The number of nitrogens with zero attached hydrogens (tertiary/aromatic N) is 3. The van der Waals surface area contributed by atoms with Crippen LogP contribution in [0.3, 0.4) is 0 Å². The molecule has 3 N–H and O–H groups in total. The monoisotopic (exact) mass is 908 g/mol. The van der Waals surface area contributed by atoms with Crippen LogP contribution < -0.4 is 29.2 Å². The summed E-state index contributed by atoms with van der Waals surface area (Å²) in [5.74, 6) is -1.38. The Bertz CT molecular complexity index is 2920. The van der Waals surface area contributed by atoms with E-state index in [1.165, 1.54) is 62.0 Å². The minimum Gasteiger partial charge on any atom is -0.480 e. The first kappa shape index (κ1) is 45.7. The van der Waals surface area contributed by atoms with Crippen LogP contribution in [0.5, 0.6) is 29.1 Å². The maximum Gasteiger partial charge on any atom is 0.270 e. The standard InChI is InChI=1S/C21H20ClN3O5S.C20H18ClN3O5S/c1-12-10-13(2)18(14(3)11-12)30-20-15(7-8-17(22)24-20)19(26)25-31(27,28)16-6-5-9-23-21(16)29-4;1-11-9-12(2)17(13(3)10-11)29-20-14(6-7-16(21)23-20)18(25)24-30(27,28)15-5-4-8-22-19(15)26/h5-11H,1-4H3,(H,25,26);4-10H,1-3H3,(H,22,26)(H,24,25). The number of ether oxygens (including phenoxy) is 3. The zero-order valence-corrected chi connectivity index (χ0v) is 36.7. The summed E-state index contributed by atoms with van der Waals surface area (Å²) in [6.45, 7) is 11.3. The van der Waals surface area contributed by atoms with Crippen LogP contribution in [-0.4, -0.2) is 55.7 Å². The van der Waals surface area contributed by atoms with Gasteiger partial charge in [-0.1, -0.05) is 58.6 Å². The van der Waals surface area contributed by atoms with Crippen molar-refractivity contribution in [3.05, 3.63) is 150 Å². The summed E-state index contributed by atoms with van der Waals surface area (Å²) in [4.78, 5) is 50.7. The molecule has 4 heterocycles. The van der Waals surface area contributed by atoms with Crippen molar-refractivity contribution in [3.8, 4) is 29.1 Å². The number of hydrogen-bond acceptors (Lipinski definition) is 13. The lowest BCUT2D eigenvalue weighted by Gasteiger charge is -2.15. The Balaban J connectivity index is 0.000000231. The molecule has 0 saturated carbocycles. The van der Waals surface area contributed by atoms with Crippen LogP contribution in [0.2, 0.25) is 10.3 Å². The molecule has 16 nitrogen and oxygen atoms in total. The quantitative estimate of drug-likeness (QED) is 0.109. The molecule has 2 aromatic carbocycles. The fourth-order valence-electron chi connectivity index (χ4n) is 6.00. The number of hydrogen-bond donors (Lipinski definition) is 3. The largest absolute Gasteiger partial charge is 0.480 e. The fourth-order valence-corrected chi connectivity index (χ4v) is 8.39. The van der Waals surface area contributed by atoms with Crippen LogP contribution in [0.4, 0.5) is 0 Å². The Morgan fingerprint density at radius 2 is 1.05 bits per heavy atom. The van der Waals surface area contributed by atoms with Crippen molar-refractivity contribution in [1.29, 1.82) is 0 Å². The highest BCUT2D eigenvalue weighted by Crippen LogP contribution is 2.33. The fraction of sp³-hybridized carbons (Fsp3) is 0.171. The Morgan fingerprint density at radius 3 is 1.48 bits per heavy atom. The predicted molar refractivity (Wildman–Crippen MR) is 227 cm³/mol. The van der Waals surface area contributed by atoms with Crippen molar-refractivity contribution < 1.29 is 40.6 Å². The van der Waals surface area contributed by atoms with E-state index in [9.17, 15) is 31.2 Å². The topological polar surface area (TPSA) is 226 Å². The van der Waals surface area contributed by atoms with E-state index in [1.807, 2.05) is 75.3 Å². The van der Waals surface area contributed by atoms with Gasteiger partial charge in [-0.25, -0.2) is 41.2 Å². The third kappa shape index (κ3) is 11.1. The van der Waals surface area contributed by atoms with Gasteiger partial charge in [0, 0.05) is 12.4 Å². The zero-order valence-electron chi connectivity index (χ0n) is 33.6. The molecule has 0 bridgehead atoms. The third-order valence-corrected chi connectivity index (χ3v) is 11.6. The molecule has 6 aromatic rings. The van der Waals surface area contributed by atoms with Crippen LogP contribution in [0, 0.1) is 41.5 Å². The van der Waals surface area contributed by atoms with Crippen molar-refractivity contribution in [3.63, 3.8) is 0 Å². The van der Waals surface area contributed by atoms with Crippen LogP contribution in [0.1, 0.15) is 54.1 Å². The van der Waals surface area contributed by atoms with Gasteiger partial charge in [0.25, 0.3) is 37.4 Å². The molecule has 0 fully saturated rings. The smallest absolute Gasteiger partial charge is 0.270 e. The molecule has 61 heavy (non-hydrogen) atoms. The van der Waals surface area contributed by atoms with Crippen molar-refractivity contribution in [2.45, 2.75) is 51.3 Å². The van der Waals surface area contributed by atoms with Crippen molar-refractivity contribution >= 4 is 55.1 Å². The Labute approximate surface area is 361 Å². The van der Waals surface area contributed by atoms with E-state index in [4.69, 9.17) is 37.4 Å². The molecule has 6 rings (SSSR count). The normalized spacial score (nSPS) is 11.2. The van der Waals surface area contributed by atoms with Crippen LogP contribution in [0.25, 0.3) is 0 Å². The summed E-state index contributed by atoms with van der Waals surface area (Å²) in [7, 11) is -7.41. The van der Waals surface area contributed by atoms with E-state index in [1.54, 1.807) is 0 Å². The summed E-state index contributed by atoms with van der Waals surface area (Å²) >= 11 is 12.0. The van der Waals surface area contributed by atoms with Gasteiger partial charge in [-0.05, 0) is 112 Å². The Hall–Kier alpha value is -6.34. The summed E-state index contributed by atoms with van der Waals surface area (Å²) in [5.41, 5.74) is 4.26. The molecular weight excluding hydrogens is 872 g/mol. The van der Waals surface area contributed by atoms with E-state index in [-0.39, 0.29) is 44.0 Å². The molecule has 0 aliphatic carbocycles. The number of rotatable bonds is 11. The molecule has 0 unspecified atom stereocenters. The molecule has 4 aromatic heterocycles. The van der Waals surface area contributed by atoms with Gasteiger partial charge >= 0.3 is 0 Å².